The molecule has 0 radical (unpaired) electrons. The summed E-state index contributed by atoms with van der Waals surface area (Å²) in [5.41, 5.74) is 0. The highest BCUT2D eigenvalue weighted by atomic mass is 32.2. The second-order valence-electron chi connectivity index (χ2n) is 8.46. The SMILES string of the molecule is N#CCNC(=O)[C@@H]1CCCC[C@H]1CS(=O)(=O)c1ccc(OCCNC(=O)N2CCOCC2)cc1. The lowest BCUT2D eigenvalue weighted by Gasteiger charge is -2.30. The van der Waals surface area contributed by atoms with E-state index in [1.807, 2.05) is 6.07 Å². The molecular formula is C23H32N4O6S. The average Bonchev–Trinajstić information content (AvgIpc) is 2.86. The number of ether oxygens (including phenoxy) is 2. The Kier molecular flexibility index (Phi) is 9.53. The monoisotopic (exact) mass is 492 g/mol. The van der Waals surface area contributed by atoms with Gasteiger partial charge < -0.3 is 25.0 Å². The topological polar surface area (TPSA) is 138 Å². The van der Waals surface area contributed by atoms with E-state index in [1.165, 1.54) is 12.1 Å². The largest absolute Gasteiger partial charge is 0.492 e. The molecule has 3 amide bonds. The molecule has 34 heavy (non-hydrogen) atoms. The van der Waals surface area contributed by atoms with Crippen LogP contribution in [0.1, 0.15) is 25.7 Å². The van der Waals surface area contributed by atoms with Crippen molar-refractivity contribution in [1.29, 1.82) is 5.26 Å². The summed E-state index contributed by atoms with van der Waals surface area (Å²) < 4.78 is 36.8. The minimum atomic E-state index is -3.59. The number of hydrogen-bond donors (Lipinski definition) is 2. The smallest absolute Gasteiger partial charge is 0.317 e. The maximum Gasteiger partial charge on any atom is 0.317 e. The maximum absolute atomic E-state index is 13.0. The lowest BCUT2D eigenvalue weighted by molar-refractivity contribution is -0.127. The molecule has 1 aromatic rings. The number of carbonyl (C=O) groups excluding carboxylic acids is 2. The number of nitrogens with zero attached hydrogens (tertiary/aromatic N) is 2. The van der Waals surface area contributed by atoms with Crippen LogP contribution in [-0.2, 0) is 19.4 Å². The molecular weight excluding hydrogens is 460 g/mol. The highest BCUT2D eigenvalue weighted by Gasteiger charge is 2.34. The number of nitriles is 1. The van der Waals surface area contributed by atoms with E-state index >= 15 is 0 Å². The first kappa shape index (κ1) is 25.8. The number of carbonyl (C=O) groups is 2. The predicted molar refractivity (Wildman–Crippen MR) is 124 cm³/mol. The molecule has 10 nitrogen and oxygen atoms in total. The summed E-state index contributed by atoms with van der Waals surface area (Å²) in [4.78, 5) is 26.3. The number of amides is 3. The van der Waals surface area contributed by atoms with E-state index in [2.05, 4.69) is 10.6 Å². The van der Waals surface area contributed by atoms with Crippen molar-refractivity contribution in [3.05, 3.63) is 24.3 Å². The predicted octanol–water partition coefficient (Wildman–Crippen LogP) is 1.33. The summed E-state index contributed by atoms with van der Waals surface area (Å²) in [6.07, 6.45) is 3.06. The summed E-state index contributed by atoms with van der Waals surface area (Å²) >= 11 is 0. The molecule has 0 unspecified atom stereocenters. The molecule has 0 spiro atoms. The number of benzene rings is 1. The Hall–Kier alpha value is -2.84. The van der Waals surface area contributed by atoms with Crippen molar-refractivity contribution in [1.82, 2.24) is 15.5 Å². The molecule has 1 aliphatic heterocycles. The first-order valence-corrected chi connectivity index (χ1v) is 13.3. The highest BCUT2D eigenvalue weighted by molar-refractivity contribution is 7.91. The number of urea groups is 1. The average molecular weight is 493 g/mol. The van der Waals surface area contributed by atoms with Crippen molar-refractivity contribution >= 4 is 21.8 Å². The first-order chi connectivity index (χ1) is 16.4. The molecule has 1 aromatic carbocycles. The van der Waals surface area contributed by atoms with E-state index in [1.54, 1.807) is 17.0 Å². The summed E-state index contributed by atoms with van der Waals surface area (Å²) in [5, 5.41) is 14.0. The number of rotatable bonds is 9. The number of nitrogens with one attached hydrogen (secondary N) is 2. The summed E-state index contributed by atoms with van der Waals surface area (Å²) in [7, 11) is -3.59. The van der Waals surface area contributed by atoms with Gasteiger partial charge >= 0.3 is 6.03 Å². The second kappa shape index (κ2) is 12.6. The van der Waals surface area contributed by atoms with E-state index < -0.39 is 15.8 Å². The molecule has 1 saturated heterocycles. The van der Waals surface area contributed by atoms with Crippen LogP contribution in [0.3, 0.4) is 0 Å². The first-order valence-electron chi connectivity index (χ1n) is 11.6. The van der Waals surface area contributed by atoms with E-state index in [0.717, 1.165) is 12.8 Å². The van der Waals surface area contributed by atoms with Gasteiger partial charge in [-0.15, -0.1) is 0 Å². The molecule has 1 saturated carbocycles. The third-order valence-electron chi connectivity index (χ3n) is 6.15. The normalized spacial score (nSPS) is 20.7. The van der Waals surface area contributed by atoms with Crippen molar-refractivity contribution in [3.8, 4) is 11.8 Å². The Labute approximate surface area is 200 Å². The number of hydrogen-bond acceptors (Lipinski definition) is 7. The van der Waals surface area contributed by atoms with Gasteiger partial charge in [0.1, 0.15) is 18.9 Å². The van der Waals surface area contributed by atoms with Crippen LogP contribution in [0.25, 0.3) is 0 Å². The Morgan fingerprint density at radius 1 is 1.12 bits per heavy atom. The van der Waals surface area contributed by atoms with Crippen molar-refractivity contribution in [2.24, 2.45) is 11.8 Å². The van der Waals surface area contributed by atoms with E-state index in [-0.39, 0.29) is 41.7 Å². The summed E-state index contributed by atoms with van der Waals surface area (Å²) in [6, 6.07) is 7.92. The van der Waals surface area contributed by atoms with Gasteiger partial charge in [0.05, 0.1) is 36.5 Å². The van der Waals surface area contributed by atoms with Crippen LogP contribution in [0.15, 0.2) is 29.2 Å². The van der Waals surface area contributed by atoms with Gasteiger partial charge in [0.15, 0.2) is 9.84 Å². The van der Waals surface area contributed by atoms with Crippen molar-refractivity contribution in [3.63, 3.8) is 0 Å². The molecule has 3 rings (SSSR count). The van der Waals surface area contributed by atoms with Crippen LogP contribution >= 0.6 is 0 Å². The number of sulfone groups is 1. The van der Waals surface area contributed by atoms with Crippen molar-refractivity contribution in [2.45, 2.75) is 30.6 Å². The quantitative estimate of drug-likeness (QED) is 0.392. The molecule has 2 aliphatic rings. The highest BCUT2D eigenvalue weighted by Crippen LogP contribution is 2.33. The zero-order valence-electron chi connectivity index (χ0n) is 19.2. The van der Waals surface area contributed by atoms with Gasteiger partial charge in [-0.25, -0.2) is 13.2 Å². The lowest BCUT2D eigenvalue weighted by Crippen LogP contribution is -2.47. The third-order valence-corrected chi connectivity index (χ3v) is 8.01. The van der Waals surface area contributed by atoms with Gasteiger partial charge in [0.25, 0.3) is 0 Å². The van der Waals surface area contributed by atoms with Crippen molar-refractivity contribution in [2.75, 3.05) is 51.8 Å². The molecule has 186 valence electrons. The van der Waals surface area contributed by atoms with E-state index in [0.29, 0.717) is 51.4 Å². The van der Waals surface area contributed by atoms with Crippen LogP contribution in [0.2, 0.25) is 0 Å². The van der Waals surface area contributed by atoms with Crippen LogP contribution in [-0.4, -0.2) is 77.0 Å². The van der Waals surface area contributed by atoms with Gasteiger partial charge in [0, 0.05) is 19.0 Å². The molecule has 0 aromatic heterocycles. The minimum absolute atomic E-state index is 0.0762. The summed E-state index contributed by atoms with van der Waals surface area (Å²) in [5.74, 6) is -0.515. The molecule has 2 atom stereocenters. The molecule has 1 heterocycles. The third kappa shape index (κ3) is 7.33. The molecule has 2 fully saturated rings. The molecule has 2 N–H and O–H groups in total. The van der Waals surface area contributed by atoms with Gasteiger partial charge in [-0.3, -0.25) is 4.79 Å². The van der Waals surface area contributed by atoms with Crippen LogP contribution < -0.4 is 15.4 Å². The lowest BCUT2D eigenvalue weighted by atomic mass is 9.80. The fraction of sp³-hybridized carbons (Fsp3) is 0.609. The Balaban J connectivity index is 1.49. The number of morpholine rings is 1. The standard InChI is InChI=1S/C23H32N4O6S/c24-9-10-25-22(28)21-4-2-1-3-18(21)17-34(30,31)20-7-5-19(6-8-20)33-14-11-26-23(29)27-12-15-32-16-13-27/h5-8,18,21H,1-4,10-17H2,(H,25,28)(H,26,29)/t18-,21+/m0/s1. The van der Waals surface area contributed by atoms with Gasteiger partial charge in [-0.2, -0.15) is 5.26 Å². The molecule has 0 bridgehead atoms. The zero-order chi connectivity index (χ0) is 24.4. The van der Waals surface area contributed by atoms with Crippen LogP contribution in [0.5, 0.6) is 5.75 Å². The second-order valence-corrected chi connectivity index (χ2v) is 10.5. The fourth-order valence-electron chi connectivity index (χ4n) is 4.34. The van der Waals surface area contributed by atoms with Crippen LogP contribution in [0, 0.1) is 23.2 Å². The zero-order valence-corrected chi connectivity index (χ0v) is 20.0. The van der Waals surface area contributed by atoms with Gasteiger partial charge in [-0.1, -0.05) is 12.8 Å². The Bertz CT molecular complexity index is 970. The van der Waals surface area contributed by atoms with Gasteiger partial charge in [-0.05, 0) is 43.0 Å². The van der Waals surface area contributed by atoms with E-state index in [4.69, 9.17) is 14.7 Å². The Morgan fingerprint density at radius 2 is 1.82 bits per heavy atom. The summed E-state index contributed by atoms with van der Waals surface area (Å²) in [6.45, 7) is 2.71. The van der Waals surface area contributed by atoms with E-state index in [9.17, 15) is 18.0 Å². The van der Waals surface area contributed by atoms with Gasteiger partial charge in [0.2, 0.25) is 5.91 Å². The van der Waals surface area contributed by atoms with Crippen LogP contribution in [0.4, 0.5) is 4.79 Å². The minimum Gasteiger partial charge on any atom is -0.492 e. The van der Waals surface area contributed by atoms with Crippen molar-refractivity contribution < 1.29 is 27.5 Å². The molecule has 11 heteroatoms. The Morgan fingerprint density at radius 3 is 2.53 bits per heavy atom. The maximum atomic E-state index is 13.0. The molecule has 1 aliphatic carbocycles. The fourth-order valence-corrected chi connectivity index (χ4v) is 6.04.